The Hall–Kier alpha value is -2.15. The van der Waals surface area contributed by atoms with Crippen molar-refractivity contribution in [3.63, 3.8) is 0 Å². The first kappa shape index (κ1) is 15.2. The van der Waals surface area contributed by atoms with Crippen molar-refractivity contribution in [3.05, 3.63) is 41.6 Å². The van der Waals surface area contributed by atoms with Crippen LogP contribution >= 0.6 is 0 Å². The second-order valence-electron chi connectivity index (χ2n) is 4.61. The Morgan fingerprint density at radius 2 is 2.10 bits per heavy atom. The van der Waals surface area contributed by atoms with Crippen LogP contribution in [0.2, 0.25) is 0 Å². The van der Waals surface area contributed by atoms with Gasteiger partial charge in [-0.2, -0.15) is 5.10 Å². The first-order valence-electron chi connectivity index (χ1n) is 6.37. The maximum Gasteiger partial charge on any atom is 0.342 e. The van der Waals surface area contributed by atoms with Crippen molar-refractivity contribution in [1.29, 1.82) is 0 Å². The smallest absolute Gasteiger partial charge is 0.342 e. The van der Waals surface area contributed by atoms with Crippen molar-refractivity contribution in [2.75, 3.05) is 12.9 Å². The number of rotatable bonds is 4. The van der Waals surface area contributed by atoms with Crippen LogP contribution in [0.4, 0.5) is 0 Å². The van der Waals surface area contributed by atoms with Gasteiger partial charge < -0.3 is 4.74 Å². The van der Waals surface area contributed by atoms with Crippen LogP contribution < -0.4 is 0 Å². The number of esters is 1. The molecule has 2 rings (SSSR count). The molecule has 21 heavy (non-hydrogen) atoms. The van der Waals surface area contributed by atoms with Gasteiger partial charge in [-0.15, -0.1) is 0 Å². The summed E-state index contributed by atoms with van der Waals surface area (Å²) in [4.78, 5) is 11.9. The van der Waals surface area contributed by atoms with Gasteiger partial charge in [-0.05, 0) is 31.5 Å². The molecule has 1 heterocycles. The zero-order valence-corrected chi connectivity index (χ0v) is 12.8. The quantitative estimate of drug-likeness (QED) is 0.804. The molecule has 0 bridgehead atoms. The van der Waals surface area contributed by atoms with Gasteiger partial charge in [-0.3, -0.25) is 0 Å². The third-order valence-electron chi connectivity index (χ3n) is 2.82. The molecule has 2 aromatic rings. The highest BCUT2D eigenvalue weighted by Gasteiger charge is 2.26. The zero-order chi connectivity index (χ0) is 15.6. The highest BCUT2D eigenvalue weighted by molar-refractivity contribution is 7.90. The van der Waals surface area contributed by atoms with Crippen LogP contribution in [0.25, 0.3) is 5.69 Å². The summed E-state index contributed by atoms with van der Waals surface area (Å²) in [6.07, 6.45) is 2.26. The van der Waals surface area contributed by atoms with E-state index in [0.29, 0.717) is 5.69 Å². The number of nitrogens with zero attached hydrogens (tertiary/aromatic N) is 2. The second-order valence-corrected chi connectivity index (χ2v) is 6.54. The van der Waals surface area contributed by atoms with Crippen LogP contribution in [-0.2, 0) is 14.6 Å². The minimum absolute atomic E-state index is 0.0548. The fourth-order valence-electron chi connectivity index (χ4n) is 1.99. The lowest BCUT2D eigenvalue weighted by atomic mass is 10.2. The molecule has 1 aromatic heterocycles. The molecule has 7 heteroatoms. The molecule has 0 fully saturated rings. The summed E-state index contributed by atoms with van der Waals surface area (Å²) in [5, 5.41) is 3.87. The molecule has 0 aliphatic rings. The largest absolute Gasteiger partial charge is 0.462 e. The van der Waals surface area contributed by atoms with Crippen molar-refractivity contribution < 1.29 is 17.9 Å². The van der Waals surface area contributed by atoms with E-state index in [-0.39, 0.29) is 17.2 Å². The van der Waals surface area contributed by atoms with Crippen LogP contribution in [0.15, 0.2) is 35.5 Å². The summed E-state index contributed by atoms with van der Waals surface area (Å²) in [7, 11) is -3.65. The van der Waals surface area contributed by atoms with Gasteiger partial charge in [0.15, 0.2) is 14.9 Å². The van der Waals surface area contributed by atoms with Gasteiger partial charge in [0, 0.05) is 6.26 Å². The summed E-state index contributed by atoms with van der Waals surface area (Å²) in [6.45, 7) is 3.71. The van der Waals surface area contributed by atoms with Gasteiger partial charge >= 0.3 is 5.97 Å². The molecular formula is C14H16N2O4S. The van der Waals surface area contributed by atoms with E-state index in [2.05, 4.69) is 5.10 Å². The SMILES string of the molecule is CCOC(=O)c1cnn(-c2cccc(C)c2)c1S(C)(=O)=O. The molecule has 0 saturated heterocycles. The fourth-order valence-corrected chi connectivity index (χ4v) is 2.99. The van der Waals surface area contributed by atoms with Crippen LogP contribution in [0, 0.1) is 6.92 Å². The summed E-state index contributed by atoms with van der Waals surface area (Å²) in [6, 6.07) is 7.20. The Kier molecular flexibility index (Phi) is 4.13. The summed E-state index contributed by atoms with van der Waals surface area (Å²) >= 11 is 0. The minimum atomic E-state index is -3.65. The number of aryl methyl sites for hydroxylation is 1. The molecular weight excluding hydrogens is 292 g/mol. The van der Waals surface area contributed by atoms with Gasteiger partial charge in [0.25, 0.3) is 0 Å². The monoisotopic (exact) mass is 308 g/mol. The number of hydrogen-bond donors (Lipinski definition) is 0. The van der Waals surface area contributed by atoms with Crippen molar-refractivity contribution >= 4 is 15.8 Å². The lowest BCUT2D eigenvalue weighted by molar-refractivity contribution is 0.0521. The van der Waals surface area contributed by atoms with Gasteiger partial charge in [0.1, 0.15) is 5.56 Å². The van der Waals surface area contributed by atoms with Crippen molar-refractivity contribution in [2.45, 2.75) is 18.9 Å². The summed E-state index contributed by atoms with van der Waals surface area (Å²) in [5.41, 5.74) is 1.48. The normalized spacial score (nSPS) is 11.4. The number of ether oxygens (including phenoxy) is 1. The first-order chi connectivity index (χ1) is 9.84. The van der Waals surface area contributed by atoms with Gasteiger partial charge in [-0.1, -0.05) is 12.1 Å². The van der Waals surface area contributed by atoms with Gasteiger partial charge in [0.05, 0.1) is 18.5 Å². The Morgan fingerprint density at radius 1 is 1.38 bits per heavy atom. The van der Waals surface area contributed by atoms with E-state index in [0.717, 1.165) is 11.8 Å². The molecule has 0 amide bonds. The Morgan fingerprint density at radius 3 is 2.67 bits per heavy atom. The maximum atomic E-state index is 12.0. The summed E-state index contributed by atoms with van der Waals surface area (Å²) < 4.78 is 30.2. The third-order valence-corrected chi connectivity index (χ3v) is 3.91. The molecule has 0 unspecified atom stereocenters. The Bertz CT molecular complexity index is 778. The average molecular weight is 308 g/mol. The van der Waals surface area contributed by atoms with E-state index < -0.39 is 15.8 Å². The fraction of sp³-hybridized carbons (Fsp3) is 0.286. The average Bonchev–Trinajstić information content (AvgIpc) is 2.83. The molecule has 0 N–H and O–H groups in total. The minimum Gasteiger partial charge on any atom is -0.462 e. The van der Waals surface area contributed by atoms with E-state index in [1.165, 1.54) is 10.9 Å². The Balaban J connectivity index is 2.66. The van der Waals surface area contributed by atoms with E-state index in [9.17, 15) is 13.2 Å². The number of carbonyl (C=O) groups is 1. The lowest BCUT2D eigenvalue weighted by Crippen LogP contribution is -2.13. The van der Waals surface area contributed by atoms with Crippen LogP contribution in [0.1, 0.15) is 22.8 Å². The number of sulfone groups is 1. The predicted molar refractivity (Wildman–Crippen MR) is 77.4 cm³/mol. The van der Waals surface area contributed by atoms with Crippen molar-refractivity contribution in [3.8, 4) is 5.69 Å². The molecule has 0 saturated carbocycles. The van der Waals surface area contributed by atoms with E-state index >= 15 is 0 Å². The van der Waals surface area contributed by atoms with Gasteiger partial charge in [0.2, 0.25) is 0 Å². The third kappa shape index (κ3) is 3.13. The molecule has 0 aliphatic heterocycles. The lowest BCUT2D eigenvalue weighted by Gasteiger charge is -2.08. The maximum absolute atomic E-state index is 12.0. The van der Waals surface area contributed by atoms with E-state index in [1.807, 2.05) is 13.0 Å². The second kappa shape index (κ2) is 5.69. The Labute approximate surface area is 123 Å². The van der Waals surface area contributed by atoms with Crippen molar-refractivity contribution in [2.24, 2.45) is 0 Å². The number of hydrogen-bond acceptors (Lipinski definition) is 5. The highest BCUT2D eigenvalue weighted by Crippen LogP contribution is 2.21. The highest BCUT2D eigenvalue weighted by atomic mass is 32.2. The summed E-state index contributed by atoms with van der Waals surface area (Å²) in [5.74, 6) is -0.697. The van der Waals surface area contributed by atoms with Crippen molar-refractivity contribution in [1.82, 2.24) is 9.78 Å². The van der Waals surface area contributed by atoms with Crippen LogP contribution in [-0.4, -0.2) is 37.0 Å². The number of benzene rings is 1. The standard InChI is InChI=1S/C14H16N2O4S/c1-4-20-14(17)12-9-15-16(13(12)21(3,18)19)11-7-5-6-10(2)8-11/h5-9H,4H2,1-3H3. The number of carbonyl (C=O) groups excluding carboxylic acids is 1. The molecule has 0 spiro atoms. The van der Waals surface area contributed by atoms with E-state index in [4.69, 9.17) is 4.74 Å². The van der Waals surface area contributed by atoms with Crippen LogP contribution in [0.5, 0.6) is 0 Å². The van der Waals surface area contributed by atoms with E-state index in [1.54, 1.807) is 25.1 Å². The molecule has 6 nitrogen and oxygen atoms in total. The predicted octanol–water partition coefficient (Wildman–Crippen LogP) is 1.76. The zero-order valence-electron chi connectivity index (χ0n) is 12.0. The van der Waals surface area contributed by atoms with Crippen LogP contribution in [0.3, 0.4) is 0 Å². The molecule has 0 aliphatic carbocycles. The topological polar surface area (TPSA) is 78.3 Å². The number of aromatic nitrogens is 2. The molecule has 0 radical (unpaired) electrons. The molecule has 112 valence electrons. The molecule has 1 aromatic carbocycles. The molecule has 0 atom stereocenters. The van der Waals surface area contributed by atoms with Gasteiger partial charge in [-0.25, -0.2) is 17.9 Å². The first-order valence-corrected chi connectivity index (χ1v) is 8.26.